The predicted molar refractivity (Wildman–Crippen MR) is 87.0 cm³/mol. The number of carbonyl (C=O) groups excluding carboxylic acids is 1. The highest BCUT2D eigenvalue weighted by molar-refractivity contribution is 6.06. The van der Waals surface area contributed by atoms with E-state index >= 15 is 0 Å². The highest BCUT2D eigenvalue weighted by Gasteiger charge is 2.10. The Morgan fingerprint density at radius 2 is 1.91 bits per heavy atom. The fourth-order valence-corrected chi connectivity index (χ4v) is 1.81. The van der Waals surface area contributed by atoms with Crippen molar-refractivity contribution in [3.05, 3.63) is 60.3 Å². The number of nitrogens with one attached hydrogen (secondary N) is 2. The number of nitrogens with zero attached hydrogens (tertiary/aromatic N) is 1. The molecule has 116 valence electrons. The molecule has 2 aromatic carbocycles. The summed E-state index contributed by atoms with van der Waals surface area (Å²) in [6.45, 7) is 0. The molecule has 0 aliphatic carbocycles. The lowest BCUT2D eigenvalue weighted by Crippen LogP contribution is -2.14. The van der Waals surface area contributed by atoms with Crippen molar-refractivity contribution in [3.8, 4) is 17.6 Å². The number of para-hydroxylation sites is 2. The summed E-state index contributed by atoms with van der Waals surface area (Å²) >= 11 is 0. The Labute approximate surface area is 133 Å². The molecule has 23 heavy (non-hydrogen) atoms. The van der Waals surface area contributed by atoms with Gasteiger partial charge < -0.3 is 20.5 Å². The van der Waals surface area contributed by atoms with Gasteiger partial charge in [-0.2, -0.15) is 5.26 Å². The number of amides is 1. The quantitative estimate of drug-likeness (QED) is 0.448. The van der Waals surface area contributed by atoms with Crippen LogP contribution in [0.4, 0.5) is 11.4 Å². The molecule has 2 aromatic rings. The number of phenols is 1. The fraction of sp³-hybridized carbons (Fsp3) is 0.0588. The summed E-state index contributed by atoms with van der Waals surface area (Å²) in [5.74, 6) is 0.137. The monoisotopic (exact) mass is 309 g/mol. The molecular formula is C17H15N3O3. The van der Waals surface area contributed by atoms with Crippen molar-refractivity contribution in [2.24, 2.45) is 0 Å². The number of rotatable bonds is 5. The van der Waals surface area contributed by atoms with E-state index in [-0.39, 0.29) is 11.3 Å². The normalized spacial score (nSPS) is 10.5. The summed E-state index contributed by atoms with van der Waals surface area (Å²) in [6, 6.07) is 14.9. The minimum Gasteiger partial charge on any atom is -0.508 e. The van der Waals surface area contributed by atoms with Gasteiger partial charge in [0.05, 0.1) is 12.8 Å². The van der Waals surface area contributed by atoms with Crippen LogP contribution in [0.2, 0.25) is 0 Å². The lowest BCUT2D eigenvalue weighted by Gasteiger charge is -2.08. The van der Waals surface area contributed by atoms with E-state index in [2.05, 4.69) is 10.6 Å². The van der Waals surface area contributed by atoms with Crippen LogP contribution in [0.15, 0.2) is 60.3 Å². The molecule has 6 nitrogen and oxygen atoms in total. The second-order valence-electron chi connectivity index (χ2n) is 4.52. The molecule has 2 rings (SSSR count). The zero-order valence-electron chi connectivity index (χ0n) is 12.4. The number of hydrogen-bond acceptors (Lipinski definition) is 5. The van der Waals surface area contributed by atoms with Crippen molar-refractivity contribution >= 4 is 17.3 Å². The Hall–Kier alpha value is -3.46. The predicted octanol–water partition coefficient (Wildman–Crippen LogP) is 2.86. The van der Waals surface area contributed by atoms with Gasteiger partial charge in [0.2, 0.25) is 0 Å². The van der Waals surface area contributed by atoms with Crippen LogP contribution >= 0.6 is 0 Å². The standard InChI is InChI=1S/C17H15N3O3/c1-23-16-5-3-2-4-15(16)19-11-12(10-18)17(22)20-13-6-8-14(21)9-7-13/h2-9,11,19,21H,1H3,(H,20,22)/b12-11-. The number of aromatic hydroxyl groups is 1. The van der Waals surface area contributed by atoms with Crippen molar-refractivity contribution in [1.82, 2.24) is 0 Å². The van der Waals surface area contributed by atoms with Crippen LogP contribution in [0, 0.1) is 11.3 Å². The average molecular weight is 309 g/mol. The van der Waals surface area contributed by atoms with E-state index in [1.807, 2.05) is 12.1 Å². The number of ether oxygens (including phenoxy) is 1. The van der Waals surface area contributed by atoms with Crippen LogP contribution in [-0.4, -0.2) is 18.1 Å². The maximum Gasteiger partial charge on any atom is 0.267 e. The van der Waals surface area contributed by atoms with E-state index in [1.165, 1.54) is 37.6 Å². The molecule has 1 amide bonds. The zero-order valence-corrected chi connectivity index (χ0v) is 12.4. The van der Waals surface area contributed by atoms with E-state index in [0.717, 1.165) is 0 Å². The van der Waals surface area contributed by atoms with Gasteiger partial charge in [0.15, 0.2) is 0 Å². The second-order valence-corrected chi connectivity index (χ2v) is 4.52. The number of anilines is 2. The van der Waals surface area contributed by atoms with Crippen LogP contribution in [0.3, 0.4) is 0 Å². The lowest BCUT2D eigenvalue weighted by atomic mass is 10.2. The number of carbonyl (C=O) groups is 1. The number of phenolic OH excluding ortho intramolecular Hbond substituents is 1. The first kappa shape index (κ1) is 15.9. The molecule has 6 heteroatoms. The van der Waals surface area contributed by atoms with Crippen molar-refractivity contribution < 1.29 is 14.6 Å². The van der Waals surface area contributed by atoms with Crippen molar-refractivity contribution in [3.63, 3.8) is 0 Å². The Bertz CT molecular complexity index is 761. The first-order valence-electron chi connectivity index (χ1n) is 6.74. The van der Waals surface area contributed by atoms with Crippen LogP contribution < -0.4 is 15.4 Å². The lowest BCUT2D eigenvalue weighted by molar-refractivity contribution is -0.112. The molecule has 0 bridgehead atoms. The highest BCUT2D eigenvalue weighted by atomic mass is 16.5. The van der Waals surface area contributed by atoms with Crippen LogP contribution in [0.1, 0.15) is 0 Å². The molecule has 0 aromatic heterocycles. The fourth-order valence-electron chi connectivity index (χ4n) is 1.81. The van der Waals surface area contributed by atoms with Gasteiger partial charge in [-0.25, -0.2) is 0 Å². The van der Waals surface area contributed by atoms with Gasteiger partial charge in [-0.15, -0.1) is 0 Å². The molecule has 0 atom stereocenters. The second kappa shape index (κ2) is 7.52. The molecule has 0 unspecified atom stereocenters. The summed E-state index contributed by atoms with van der Waals surface area (Å²) in [4.78, 5) is 12.1. The highest BCUT2D eigenvalue weighted by Crippen LogP contribution is 2.23. The SMILES string of the molecule is COc1ccccc1N/C=C(/C#N)C(=O)Nc1ccc(O)cc1. The first-order valence-corrected chi connectivity index (χ1v) is 6.74. The Morgan fingerprint density at radius 3 is 2.57 bits per heavy atom. The Morgan fingerprint density at radius 1 is 1.22 bits per heavy atom. The minimum absolute atomic E-state index is 0.0935. The van der Waals surface area contributed by atoms with E-state index in [4.69, 9.17) is 10.00 Å². The molecule has 0 spiro atoms. The van der Waals surface area contributed by atoms with Crippen molar-refractivity contribution in [2.75, 3.05) is 17.7 Å². The van der Waals surface area contributed by atoms with Crippen molar-refractivity contribution in [1.29, 1.82) is 5.26 Å². The van der Waals surface area contributed by atoms with Crippen LogP contribution in [0.5, 0.6) is 11.5 Å². The summed E-state index contributed by atoms with van der Waals surface area (Å²) in [6.07, 6.45) is 1.31. The van der Waals surface area contributed by atoms with Crippen LogP contribution in [-0.2, 0) is 4.79 Å². The smallest absolute Gasteiger partial charge is 0.267 e. The summed E-state index contributed by atoms with van der Waals surface area (Å²) in [5, 5.41) is 23.8. The molecule has 0 aliphatic rings. The van der Waals surface area contributed by atoms with E-state index in [1.54, 1.807) is 18.2 Å². The van der Waals surface area contributed by atoms with Gasteiger partial charge in [0.25, 0.3) is 5.91 Å². The van der Waals surface area contributed by atoms with E-state index in [9.17, 15) is 9.90 Å². The molecule has 0 radical (unpaired) electrons. The third-order valence-electron chi connectivity index (χ3n) is 2.97. The minimum atomic E-state index is -0.555. The number of benzene rings is 2. The van der Waals surface area contributed by atoms with Gasteiger partial charge in [-0.3, -0.25) is 4.79 Å². The Balaban J connectivity index is 2.10. The zero-order chi connectivity index (χ0) is 16.7. The van der Waals surface area contributed by atoms with E-state index in [0.29, 0.717) is 17.1 Å². The van der Waals surface area contributed by atoms with Crippen molar-refractivity contribution in [2.45, 2.75) is 0 Å². The number of methoxy groups -OCH3 is 1. The summed E-state index contributed by atoms with van der Waals surface area (Å²) < 4.78 is 5.18. The summed E-state index contributed by atoms with van der Waals surface area (Å²) in [5.41, 5.74) is 1.02. The molecule has 0 aliphatic heterocycles. The first-order chi connectivity index (χ1) is 11.1. The van der Waals surface area contributed by atoms with Crippen LogP contribution in [0.25, 0.3) is 0 Å². The largest absolute Gasteiger partial charge is 0.508 e. The Kier molecular flexibility index (Phi) is 5.21. The third-order valence-corrected chi connectivity index (χ3v) is 2.97. The van der Waals surface area contributed by atoms with Gasteiger partial charge >= 0.3 is 0 Å². The average Bonchev–Trinajstić information content (AvgIpc) is 2.58. The molecule has 0 saturated carbocycles. The maximum absolute atomic E-state index is 12.1. The van der Waals surface area contributed by atoms with Gasteiger partial charge in [-0.1, -0.05) is 12.1 Å². The molecule has 0 saturated heterocycles. The molecule has 0 fully saturated rings. The van der Waals surface area contributed by atoms with Gasteiger partial charge in [0, 0.05) is 11.9 Å². The number of hydrogen-bond donors (Lipinski definition) is 3. The molecular weight excluding hydrogens is 294 g/mol. The van der Waals surface area contributed by atoms with Gasteiger partial charge in [-0.05, 0) is 36.4 Å². The third kappa shape index (κ3) is 4.25. The topological polar surface area (TPSA) is 94.4 Å². The summed E-state index contributed by atoms with van der Waals surface area (Å²) in [7, 11) is 1.53. The maximum atomic E-state index is 12.1. The van der Waals surface area contributed by atoms with E-state index < -0.39 is 5.91 Å². The molecule has 3 N–H and O–H groups in total. The van der Waals surface area contributed by atoms with Gasteiger partial charge in [0.1, 0.15) is 23.1 Å². The number of nitriles is 1. The molecule has 0 heterocycles.